The Morgan fingerprint density at radius 2 is 1.20 bits per heavy atom. The van der Waals surface area contributed by atoms with Crippen LogP contribution in [0.4, 0.5) is 0 Å². The van der Waals surface area contributed by atoms with Crippen LogP contribution in [-0.4, -0.2) is 0 Å². The van der Waals surface area contributed by atoms with E-state index in [9.17, 15) is 0 Å². The third-order valence-corrected chi connectivity index (χ3v) is 6.76. The van der Waals surface area contributed by atoms with Crippen LogP contribution in [0.3, 0.4) is 0 Å². The molecule has 0 saturated heterocycles. The van der Waals surface area contributed by atoms with Crippen LogP contribution in [0, 0.1) is 27.7 Å². The molecule has 25 heavy (non-hydrogen) atoms. The molecule has 0 heterocycles. The number of rotatable bonds is 8. The first-order chi connectivity index (χ1) is 11.9. The fourth-order valence-corrected chi connectivity index (χ4v) is 4.72. The van der Waals surface area contributed by atoms with Crippen LogP contribution < -0.4 is 0 Å². The minimum atomic E-state index is 0.0123. The molecule has 2 aromatic rings. The second kappa shape index (κ2) is 9.00. The van der Waals surface area contributed by atoms with E-state index in [1.807, 2.05) is 0 Å². The van der Waals surface area contributed by atoms with E-state index in [0.29, 0.717) is 0 Å². The summed E-state index contributed by atoms with van der Waals surface area (Å²) in [6.45, 7) is 11.3. The lowest BCUT2D eigenvalue weighted by Crippen LogP contribution is -2.23. The molecule has 0 radical (unpaired) electrons. The molecule has 0 aliphatic carbocycles. The van der Waals surface area contributed by atoms with Crippen LogP contribution in [0.2, 0.25) is 0 Å². The van der Waals surface area contributed by atoms with E-state index < -0.39 is 0 Å². The van der Waals surface area contributed by atoms with Crippen molar-refractivity contribution in [1.29, 1.82) is 0 Å². The molecule has 2 aromatic carbocycles. The maximum Gasteiger partial charge on any atom is 0.0349 e. The summed E-state index contributed by atoms with van der Waals surface area (Å²) in [6.07, 6.45) is 7.83. The molecule has 0 N–H and O–H groups in total. The summed E-state index contributed by atoms with van der Waals surface area (Å²) in [5.41, 5.74) is 8.60. The molecule has 0 amide bonds. The van der Waals surface area contributed by atoms with Gasteiger partial charge >= 0.3 is 0 Å². The molecular weight excluding hydrogens is 319 g/mol. The van der Waals surface area contributed by atoms with Crippen LogP contribution in [-0.2, 0) is 5.16 Å². The highest BCUT2D eigenvalue weighted by Crippen LogP contribution is 2.46. The predicted molar refractivity (Wildman–Crippen MR) is 116 cm³/mol. The molecule has 0 spiro atoms. The fraction of sp³-hybridized carbons (Fsp3) is 0.500. The van der Waals surface area contributed by atoms with Gasteiger partial charge in [-0.1, -0.05) is 75.4 Å². The topological polar surface area (TPSA) is 0 Å². The van der Waals surface area contributed by atoms with Gasteiger partial charge in [-0.15, -0.1) is 9.24 Å². The van der Waals surface area contributed by atoms with Crippen molar-refractivity contribution in [3.8, 4) is 0 Å². The number of hydrogen-bond donors (Lipinski definition) is 0. The average Bonchev–Trinajstić information content (AvgIpc) is 2.59. The Balaban J connectivity index is 2.44. The van der Waals surface area contributed by atoms with Gasteiger partial charge in [-0.2, -0.15) is 0 Å². The fourth-order valence-electron chi connectivity index (χ4n) is 3.89. The van der Waals surface area contributed by atoms with Crippen molar-refractivity contribution in [3.63, 3.8) is 0 Å². The monoisotopic (exact) mass is 354 g/mol. The van der Waals surface area contributed by atoms with Gasteiger partial charge in [-0.05, 0) is 67.5 Å². The minimum Gasteiger partial charge on any atom is -0.122 e. The Hall–Kier alpha value is -1.13. The lowest BCUT2D eigenvalue weighted by atomic mass is 9.80. The first kappa shape index (κ1) is 20.2. The molecule has 1 atom stereocenters. The van der Waals surface area contributed by atoms with Crippen molar-refractivity contribution in [3.05, 3.63) is 69.8 Å². The zero-order valence-electron chi connectivity index (χ0n) is 16.8. The van der Waals surface area contributed by atoms with Crippen molar-refractivity contribution in [2.75, 3.05) is 0 Å². The van der Waals surface area contributed by atoms with E-state index >= 15 is 0 Å². The molecule has 0 bridgehead atoms. The third kappa shape index (κ3) is 4.53. The van der Waals surface area contributed by atoms with Crippen molar-refractivity contribution in [2.24, 2.45) is 0 Å². The highest BCUT2D eigenvalue weighted by Gasteiger charge is 2.32. The van der Waals surface area contributed by atoms with Crippen LogP contribution in [0.25, 0.3) is 0 Å². The first-order valence-electron chi connectivity index (χ1n) is 9.84. The van der Waals surface area contributed by atoms with Crippen molar-refractivity contribution >= 4 is 9.24 Å². The minimum absolute atomic E-state index is 0.0123. The highest BCUT2D eigenvalue weighted by atomic mass is 31.0. The maximum atomic E-state index is 3.26. The van der Waals surface area contributed by atoms with Gasteiger partial charge in [0.2, 0.25) is 0 Å². The lowest BCUT2D eigenvalue weighted by Gasteiger charge is -2.35. The average molecular weight is 355 g/mol. The van der Waals surface area contributed by atoms with E-state index in [2.05, 4.69) is 80.3 Å². The van der Waals surface area contributed by atoms with Crippen LogP contribution in [0.5, 0.6) is 0 Å². The van der Waals surface area contributed by atoms with Crippen LogP contribution >= 0.6 is 9.24 Å². The molecule has 2 rings (SSSR count). The van der Waals surface area contributed by atoms with Crippen LogP contribution in [0.1, 0.15) is 78.8 Å². The van der Waals surface area contributed by atoms with Crippen molar-refractivity contribution in [2.45, 2.75) is 78.3 Å². The van der Waals surface area contributed by atoms with E-state index in [-0.39, 0.29) is 5.16 Å². The van der Waals surface area contributed by atoms with Crippen molar-refractivity contribution in [1.82, 2.24) is 0 Å². The quantitative estimate of drug-likeness (QED) is 0.342. The number of benzene rings is 2. The molecule has 1 unspecified atom stereocenters. The standard InChI is InChI=1S/C24H35P/c1-6-7-8-9-10-17-24(25,22-15-11-13-18(2)20(22)4)23-16-12-14-19(3)21(23)5/h11-16H,6-10,17,25H2,1-5H3. The predicted octanol–water partition coefficient (Wildman–Crippen LogP) is 7.40. The number of aryl methyl sites for hydroxylation is 2. The van der Waals surface area contributed by atoms with Gasteiger partial charge in [0.05, 0.1) is 0 Å². The first-order valence-corrected chi connectivity index (χ1v) is 10.4. The molecule has 136 valence electrons. The lowest BCUT2D eigenvalue weighted by molar-refractivity contribution is 0.554. The van der Waals surface area contributed by atoms with Gasteiger partial charge in [-0.25, -0.2) is 0 Å². The summed E-state index contributed by atoms with van der Waals surface area (Å²) in [5.74, 6) is 0. The Kier molecular flexibility index (Phi) is 7.26. The summed E-state index contributed by atoms with van der Waals surface area (Å²) in [7, 11) is 3.26. The third-order valence-electron chi connectivity index (χ3n) is 5.85. The molecule has 0 aliphatic rings. The van der Waals surface area contributed by atoms with E-state index in [1.54, 1.807) is 0 Å². The maximum absolute atomic E-state index is 3.26. The van der Waals surface area contributed by atoms with Gasteiger partial charge in [0, 0.05) is 5.16 Å². The van der Waals surface area contributed by atoms with Gasteiger partial charge in [0.25, 0.3) is 0 Å². The number of hydrogen-bond acceptors (Lipinski definition) is 0. The normalized spacial score (nSPS) is 11.8. The molecule has 0 aliphatic heterocycles. The molecule has 1 heteroatoms. The Bertz CT molecular complexity index is 648. The Morgan fingerprint density at radius 1 is 0.720 bits per heavy atom. The van der Waals surface area contributed by atoms with Crippen molar-refractivity contribution < 1.29 is 0 Å². The second-order valence-corrected chi connectivity index (χ2v) is 8.62. The highest BCUT2D eigenvalue weighted by molar-refractivity contribution is 7.19. The SMILES string of the molecule is CCCCCCCC(P)(c1cccc(C)c1C)c1cccc(C)c1C. The van der Waals surface area contributed by atoms with E-state index in [1.165, 1.54) is 71.9 Å². The second-order valence-electron chi connectivity index (χ2n) is 7.63. The summed E-state index contributed by atoms with van der Waals surface area (Å²) >= 11 is 0. The number of unbranched alkanes of at least 4 members (excludes halogenated alkanes) is 4. The zero-order chi connectivity index (χ0) is 18.4. The zero-order valence-corrected chi connectivity index (χ0v) is 17.9. The molecule has 0 nitrogen and oxygen atoms in total. The summed E-state index contributed by atoms with van der Waals surface area (Å²) < 4.78 is 0. The van der Waals surface area contributed by atoms with Gasteiger partial charge in [0.1, 0.15) is 0 Å². The Morgan fingerprint density at radius 3 is 1.68 bits per heavy atom. The summed E-state index contributed by atoms with van der Waals surface area (Å²) in [6, 6.07) is 13.6. The molecule has 0 saturated carbocycles. The van der Waals surface area contributed by atoms with Gasteiger partial charge in [-0.3, -0.25) is 0 Å². The Labute approximate surface area is 157 Å². The van der Waals surface area contributed by atoms with Gasteiger partial charge in [0.15, 0.2) is 0 Å². The van der Waals surface area contributed by atoms with E-state index in [0.717, 1.165) is 0 Å². The molecule has 0 fully saturated rings. The summed E-state index contributed by atoms with van der Waals surface area (Å²) in [4.78, 5) is 0. The smallest absolute Gasteiger partial charge is 0.0349 e. The molecular formula is C24H35P. The summed E-state index contributed by atoms with van der Waals surface area (Å²) in [5, 5.41) is 0.0123. The molecule has 0 aromatic heterocycles. The van der Waals surface area contributed by atoms with Crippen LogP contribution in [0.15, 0.2) is 36.4 Å². The largest absolute Gasteiger partial charge is 0.122 e. The van der Waals surface area contributed by atoms with Gasteiger partial charge < -0.3 is 0 Å². The van der Waals surface area contributed by atoms with E-state index in [4.69, 9.17) is 0 Å².